The Bertz CT molecular complexity index is 214. The van der Waals surface area contributed by atoms with Crippen molar-refractivity contribution in [3.05, 3.63) is 0 Å². The molecule has 2 fully saturated rings. The van der Waals surface area contributed by atoms with Crippen LogP contribution in [0, 0.1) is 11.3 Å². The summed E-state index contributed by atoms with van der Waals surface area (Å²) in [7, 11) is 0. The van der Waals surface area contributed by atoms with Crippen molar-refractivity contribution in [1.29, 1.82) is 0 Å². The van der Waals surface area contributed by atoms with Crippen molar-refractivity contribution >= 4 is 0 Å². The smallest absolute Gasteiger partial charge is 0.0685 e. The Labute approximate surface area is 87.4 Å². The van der Waals surface area contributed by atoms with Gasteiger partial charge in [-0.3, -0.25) is 0 Å². The molecule has 0 radical (unpaired) electrons. The van der Waals surface area contributed by atoms with E-state index in [0.717, 1.165) is 12.5 Å². The molecule has 2 nitrogen and oxygen atoms in total. The predicted octanol–water partition coefficient (Wildman–Crippen LogP) is 2.19. The van der Waals surface area contributed by atoms with Gasteiger partial charge in [0, 0.05) is 30.0 Å². The van der Waals surface area contributed by atoms with Crippen LogP contribution in [0.3, 0.4) is 0 Å². The fourth-order valence-electron chi connectivity index (χ4n) is 3.09. The van der Waals surface area contributed by atoms with Gasteiger partial charge in [0.15, 0.2) is 0 Å². The fourth-order valence-corrected chi connectivity index (χ4v) is 3.09. The number of ether oxygens (including phenoxy) is 1. The van der Waals surface area contributed by atoms with Gasteiger partial charge in [0.05, 0.1) is 6.10 Å². The zero-order valence-electron chi connectivity index (χ0n) is 9.84. The van der Waals surface area contributed by atoms with E-state index in [9.17, 15) is 0 Å². The van der Waals surface area contributed by atoms with E-state index >= 15 is 0 Å². The summed E-state index contributed by atoms with van der Waals surface area (Å²) in [6, 6.07) is 1.31. The zero-order chi connectivity index (χ0) is 10.3. The lowest BCUT2D eigenvalue weighted by atomic mass is 9.57. The van der Waals surface area contributed by atoms with E-state index in [1.807, 2.05) is 0 Å². The third-order valence-corrected chi connectivity index (χ3v) is 4.18. The molecule has 0 aromatic heterocycles. The van der Waals surface area contributed by atoms with Crippen LogP contribution in [0.4, 0.5) is 0 Å². The van der Waals surface area contributed by atoms with E-state index in [1.165, 1.54) is 12.8 Å². The molecule has 0 aromatic rings. The minimum Gasteiger partial charge on any atom is -0.377 e. The highest BCUT2D eigenvalue weighted by molar-refractivity contribution is 5.11. The van der Waals surface area contributed by atoms with Crippen molar-refractivity contribution in [2.75, 3.05) is 6.61 Å². The van der Waals surface area contributed by atoms with E-state index in [1.54, 1.807) is 0 Å². The van der Waals surface area contributed by atoms with Crippen LogP contribution >= 0.6 is 0 Å². The normalized spacial score (nSPS) is 41.6. The second kappa shape index (κ2) is 3.49. The molecule has 1 saturated carbocycles. The lowest BCUT2D eigenvalue weighted by Gasteiger charge is -2.55. The van der Waals surface area contributed by atoms with Gasteiger partial charge in [-0.15, -0.1) is 0 Å². The third-order valence-electron chi connectivity index (χ3n) is 4.18. The number of fused-ring (bicyclic) bond motifs is 1. The van der Waals surface area contributed by atoms with Crippen LogP contribution < -0.4 is 5.32 Å². The van der Waals surface area contributed by atoms with Crippen molar-refractivity contribution in [2.24, 2.45) is 11.3 Å². The summed E-state index contributed by atoms with van der Waals surface area (Å²) in [5.74, 6) is 0.777. The SMILES string of the molecule is CCC(C)NC1[C@@H]2CCO[C@@H]2C1(C)C. The molecule has 82 valence electrons. The molecular formula is C12H23NO. The van der Waals surface area contributed by atoms with Crippen LogP contribution in [0.2, 0.25) is 0 Å². The topological polar surface area (TPSA) is 21.3 Å². The van der Waals surface area contributed by atoms with Gasteiger partial charge in [0.2, 0.25) is 0 Å². The molecule has 2 heteroatoms. The summed E-state index contributed by atoms with van der Waals surface area (Å²) < 4.78 is 5.77. The molecule has 1 aliphatic carbocycles. The second-order valence-corrected chi connectivity index (χ2v) is 5.52. The first-order valence-corrected chi connectivity index (χ1v) is 5.95. The van der Waals surface area contributed by atoms with Gasteiger partial charge >= 0.3 is 0 Å². The molecular weight excluding hydrogens is 174 g/mol. The summed E-state index contributed by atoms with van der Waals surface area (Å²) in [4.78, 5) is 0. The van der Waals surface area contributed by atoms with Crippen LogP contribution in [0.1, 0.15) is 40.5 Å². The second-order valence-electron chi connectivity index (χ2n) is 5.52. The van der Waals surface area contributed by atoms with Gasteiger partial charge in [-0.1, -0.05) is 20.8 Å². The van der Waals surface area contributed by atoms with Crippen LogP contribution in [-0.2, 0) is 4.74 Å². The first-order chi connectivity index (χ1) is 6.57. The molecule has 1 heterocycles. The lowest BCUT2D eigenvalue weighted by molar-refractivity contribution is -0.115. The van der Waals surface area contributed by atoms with Crippen LogP contribution in [0.25, 0.3) is 0 Å². The van der Waals surface area contributed by atoms with Crippen molar-refractivity contribution in [1.82, 2.24) is 5.32 Å². The Kier molecular flexibility index (Phi) is 2.61. The van der Waals surface area contributed by atoms with Gasteiger partial charge in [-0.05, 0) is 19.8 Å². The standard InChI is InChI=1S/C12H23NO/c1-5-8(2)13-10-9-6-7-14-11(9)12(10,3)4/h8-11,13H,5-7H2,1-4H3/t8?,9-,10?,11-/m0/s1. The predicted molar refractivity (Wildman–Crippen MR) is 58.3 cm³/mol. The maximum absolute atomic E-state index is 5.77. The average Bonchev–Trinajstić information content (AvgIpc) is 2.60. The minimum atomic E-state index is 0.338. The molecule has 0 bridgehead atoms. The molecule has 1 N–H and O–H groups in total. The summed E-state index contributed by atoms with van der Waals surface area (Å²) in [6.07, 6.45) is 2.98. The van der Waals surface area contributed by atoms with E-state index in [0.29, 0.717) is 23.6 Å². The van der Waals surface area contributed by atoms with Crippen molar-refractivity contribution in [3.8, 4) is 0 Å². The monoisotopic (exact) mass is 197 g/mol. The average molecular weight is 197 g/mol. The molecule has 2 unspecified atom stereocenters. The Hall–Kier alpha value is -0.0800. The van der Waals surface area contributed by atoms with E-state index in [4.69, 9.17) is 4.74 Å². The first-order valence-electron chi connectivity index (χ1n) is 5.95. The maximum atomic E-state index is 5.77. The molecule has 2 aliphatic rings. The fraction of sp³-hybridized carbons (Fsp3) is 1.00. The van der Waals surface area contributed by atoms with Gasteiger partial charge in [0.25, 0.3) is 0 Å². The van der Waals surface area contributed by atoms with Crippen LogP contribution in [0.5, 0.6) is 0 Å². The molecule has 0 amide bonds. The molecule has 0 spiro atoms. The summed E-state index contributed by atoms with van der Waals surface area (Å²) >= 11 is 0. The highest BCUT2D eigenvalue weighted by Gasteiger charge is 2.59. The highest BCUT2D eigenvalue weighted by atomic mass is 16.5. The van der Waals surface area contributed by atoms with E-state index in [-0.39, 0.29) is 0 Å². The number of hydrogen-bond donors (Lipinski definition) is 1. The quantitative estimate of drug-likeness (QED) is 0.749. The Morgan fingerprint density at radius 2 is 2.21 bits per heavy atom. The Morgan fingerprint density at radius 3 is 2.86 bits per heavy atom. The number of rotatable bonds is 3. The molecule has 1 aliphatic heterocycles. The van der Waals surface area contributed by atoms with Crippen LogP contribution in [-0.4, -0.2) is 24.8 Å². The summed E-state index contributed by atoms with van der Waals surface area (Å²) in [5.41, 5.74) is 0.338. The molecule has 2 rings (SSSR count). The van der Waals surface area contributed by atoms with Crippen molar-refractivity contribution in [2.45, 2.75) is 58.7 Å². The van der Waals surface area contributed by atoms with Crippen molar-refractivity contribution < 1.29 is 4.74 Å². The summed E-state index contributed by atoms with van der Waals surface area (Å²) in [5, 5.41) is 3.75. The zero-order valence-corrected chi connectivity index (χ0v) is 9.84. The number of nitrogens with one attached hydrogen (secondary N) is 1. The highest BCUT2D eigenvalue weighted by Crippen LogP contribution is 2.52. The van der Waals surface area contributed by atoms with Crippen LogP contribution in [0.15, 0.2) is 0 Å². The maximum Gasteiger partial charge on any atom is 0.0685 e. The summed E-state index contributed by atoms with van der Waals surface area (Å²) in [6.45, 7) is 10.2. The third kappa shape index (κ3) is 1.40. The first kappa shape index (κ1) is 10.4. The molecule has 1 saturated heterocycles. The van der Waals surface area contributed by atoms with Gasteiger partial charge in [-0.25, -0.2) is 0 Å². The molecule has 0 aromatic carbocycles. The van der Waals surface area contributed by atoms with Crippen molar-refractivity contribution in [3.63, 3.8) is 0 Å². The van der Waals surface area contributed by atoms with Gasteiger partial charge in [0.1, 0.15) is 0 Å². The molecule has 4 atom stereocenters. The van der Waals surface area contributed by atoms with E-state index < -0.39 is 0 Å². The number of hydrogen-bond acceptors (Lipinski definition) is 2. The van der Waals surface area contributed by atoms with Gasteiger partial charge < -0.3 is 10.1 Å². The Balaban J connectivity index is 1.98. The minimum absolute atomic E-state index is 0.338. The lowest BCUT2D eigenvalue weighted by Crippen LogP contribution is -2.67. The largest absolute Gasteiger partial charge is 0.377 e. The van der Waals surface area contributed by atoms with E-state index in [2.05, 4.69) is 33.0 Å². The van der Waals surface area contributed by atoms with Gasteiger partial charge in [-0.2, -0.15) is 0 Å². The molecule has 14 heavy (non-hydrogen) atoms. The Morgan fingerprint density at radius 1 is 1.50 bits per heavy atom.